The first-order valence-electron chi connectivity index (χ1n) is 3.77. The van der Waals surface area contributed by atoms with Gasteiger partial charge in [-0.2, -0.15) is 0 Å². The van der Waals surface area contributed by atoms with Crippen LogP contribution < -0.4 is 0 Å². The van der Waals surface area contributed by atoms with Crippen LogP contribution in [0.1, 0.15) is 32.1 Å². The van der Waals surface area contributed by atoms with Crippen molar-refractivity contribution >= 4 is 11.8 Å². The van der Waals surface area contributed by atoms with Gasteiger partial charge in [0.05, 0.1) is 0 Å². The summed E-state index contributed by atoms with van der Waals surface area (Å²) in [6.45, 7) is 0. The minimum Gasteiger partial charge on any atom is -0.134 e. The summed E-state index contributed by atoms with van der Waals surface area (Å²) in [5, 5.41) is 2.26. The van der Waals surface area contributed by atoms with Gasteiger partial charge in [-0.3, -0.25) is 0 Å². The second-order valence-electron chi connectivity index (χ2n) is 2.45. The third-order valence-electron chi connectivity index (χ3n) is 1.58. The quantitative estimate of drug-likeness (QED) is 0.500. The standard InChI is InChI=1S/C8H14S/c1-2-4-6-8-9-7-5-3-1/h5,7H,1-4,6,8H2/b7-5-. The van der Waals surface area contributed by atoms with Crippen molar-refractivity contribution in [1.29, 1.82) is 0 Å². The second-order valence-corrected chi connectivity index (χ2v) is 3.46. The van der Waals surface area contributed by atoms with E-state index in [9.17, 15) is 0 Å². The average Bonchev–Trinajstić information content (AvgIpc) is 2.00. The van der Waals surface area contributed by atoms with Crippen molar-refractivity contribution in [3.63, 3.8) is 0 Å². The molecule has 1 rings (SSSR count). The molecule has 0 aliphatic carbocycles. The van der Waals surface area contributed by atoms with E-state index in [0.29, 0.717) is 0 Å². The van der Waals surface area contributed by atoms with Crippen LogP contribution in [0.15, 0.2) is 11.5 Å². The van der Waals surface area contributed by atoms with Crippen molar-refractivity contribution in [1.82, 2.24) is 0 Å². The molecule has 0 nitrogen and oxygen atoms in total. The van der Waals surface area contributed by atoms with E-state index in [2.05, 4.69) is 11.5 Å². The summed E-state index contributed by atoms with van der Waals surface area (Å²) in [5.41, 5.74) is 0. The van der Waals surface area contributed by atoms with Crippen molar-refractivity contribution in [2.45, 2.75) is 32.1 Å². The van der Waals surface area contributed by atoms with Crippen LogP contribution in [0.5, 0.6) is 0 Å². The zero-order chi connectivity index (χ0) is 6.36. The van der Waals surface area contributed by atoms with Crippen molar-refractivity contribution in [2.75, 3.05) is 5.75 Å². The first kappa shape index (κ1) is 7.20. The Balaban J connectivity index is 2.15. The number of rotatable bonds is 0. The molecule has 0 unspecified atom stereocenters. The minimum absolute atomic E-state index is 1.30. The summed E-state index contributed by atoms with van der Waals surface area (Å²) in [7, 11) is 0. The summed E-state index contributed by atoms with van der Waals surface area (Å²) in [5.74, 6) is 1.33. The highest BCUT2D eigenvalue weighted by Gasteiger charge is 1.91. The first-order chi connectivity index (χ1) is 4.50. The Bertz CT molecular complexity index is 76.6. The molecule has 0 saturated heterocycles. The second kappa shape index (κ2) is 4.92. The van der Waals surface area contributed by atoms with Crippen LogP contribution in [0, 0.1) is 0 Å². The normalized spacial score (nSPS) is 25.8. The first-order valence-corrected chi connectivity index (χ1v) is 4.81. The molecule has 0 N–H and O–H groups in total. The number of thioether (sulfide) groups is 1. The van der Waals surface area contributed by atoms with Crippen molar-refractivity contribution in [2.24, 2.45) is 0 Å². The van der Waals surface area contributed by atoms with Gasteiger partial charge in [0, 0.05) is 0 Å². The van der Waals surface area contributed by atoms with Crippen molar-refractivity contribution in [3.05, 3.63) is 11.5 Å². The van der Waals surface area contributed by atoms with Gasteiger partial charge < -0.3 is 0 Å². The Morgan fingerprint density at radius 1 is 1.00 bits per heavy atom. The highest BCUT2D eigenvalue weighted by molar-refractivity contribution is 8.02. The lowest BCUT2D eigenvalue weighted by atomic mass is 10.2. The molecule has 0 bridgehead atoms. The van der Waals surface area contributed by atoms with Gasteiger partial charge in [0.15, 0.2) is 0 Å². The fourth-order valence-corrected chi connectivity index (χ4v) is 1.78. The number of allylic oxidation sites excluding steroid dienone is 1. The molecule has 0 radical (unpaired) electrons. The highest BCUT2D eigenvalue weighted by Crippen LogP contribution is 2.13. The molecule has 0 aromatic carbocycles. The Kier molecular flexibility index (Phi) is 3.94. The van der Waals surface area contributed by atoms with Gasteiger partial charge >= 0.3 is 0 Å². The molecule has 1 aliphatic heterocycles. The van der Waals surface area contributed by atoms with Gasteiger partial charge in [-0.25, -0.2) is 0 Å². The SMILES string of the molecule is C1=C\SCCCCCC/1. The molecule has 0 saturated carbocycles. The third-order valence-corrected chi connectivity index (χ3v) is 2.48. The zero-order valence-electron chi connectivity index (χ0n) is 5.81. The summed E-state index contributed by atoms with van der Waals surface area (Å²) in [6.07, 6.45) is 9.29. The van der Waals surface area contributed by atoms with Crippen LogP contribution in [-0.2, 0) is 0 Å². The molecule has 9 heavy (non-hydrogen) atoms. The number of hydrogen-bond acceptors (Lipinski definition) is 1. The van der Waals surface area contributed by atoms with Gasteiger partial charge in [0.2, 0.25) is 0 Å². The predicted molar refractivity (Wildman–Crippen MR) is 44.7 cm³/mol. The summed E-state index contributed by atoms with van der Waals surface area (Å²) in [6, 6.07) is 0. The van der Waals surface area contributed by atoms with E-state index in [1.54, 1.807) is 0 Å². The molecule has 0 aromatic rings. The van der Waals surface area contributed by atoms with E-state index in [1.807, 2.05) is 11.8 Å². The van der Waals surface area contributed by atoms with Gasteiger partial charge in [-0.1, -0.05) is 18.9 Å². The molecular weight excluding hydrogens is 128 g/mol. The van der Waals surface area contributed by atoms with Crippen molar-refractivity contribution in [3.8, 4) is 0 Å². The molecule has 1 heteroatoms. The lowest BCUT2D eigenvalue weighted by molar-refractivity contribution is 0.680. The Hall–Kier alpha value is 0.0900. The maximum absolute atomic E-state index is 2.30. The molecular formula is C8H14S. The maximum atomic E-state index is 2.30. The Morgan fingerprint density at radius 3 is 2.89 bits per heavy atom. The van der Waals surface area contributed by atoms with Gasteiger partial charge in [-0.15, -0.1) is 11.8 Å². The van der Waals surface area contributed by atoms with E-state index >= 15 is 0 Å². The summed E-state index contributed by atoms with van der Waals surface area (Å²) >= 11 is 1.96. The highest BCUT2D eigenvalue weighted by atomic mass is 32.2. The molecule has 0 aromatic heterocycles. The van der Waals surface area contributed by atoms with E-state index in [4.69, 9.17) is 0 Å². The van der Waals surface area contributed by atoms with Gasteiger partial charge in [0.25, 0.3) is 0 Å². The molecule has 0 spiro atoms. The summed E-state index contributed by atoms with van der Waals surface area (Å²) in [4.78, 5) is 0. The molecule has 1 aliphatic rings. The van der Waals surface area contributed by atoms with Crippen LogP contribution in [0.4, 0.5) is 0 Å². The van der Waals surface area contributed by atoms with E-state index < -0.39 is 0 Å². The Labute approximate surface area is 61.7 Å². The minimum atomic E-state index is 1.30. The van der Waals surface area contributed by atoms with Crippen molar-refractivity contribution < 1.29 is 0 Å². The molecule has 0 fully saturated rings. The zero-order valence-corrected chi connectivity index (χ0v) is 6.62. The van der Waals surface area contributed by atoms with E-state index in [-0.39, 0.29) is 0 Å². The lowest BCUT2D eigenvalue weighted by Gasteiger charge is -1.93. The number of hydrogen-bond donors (Lipinski definition) is 0. The van der Waals surface area contributed by atoms with Crippen LogP contribution in [0.2, 0.25) is 0 Å². The summed E-state index contributed by atoms with van der Waals surface area (Å²) < 4.78 is 0. The molecule has 0 atom stereocenters. The predicted octanol–water partition coefficient (Wildman–Crippen LogP) is 3.20. The molecule has 1 heterocycles. The van der Waals surface area contributed by atoms with Gasteiger partial charge in [-0.05, 0) is 30.4 Å². The van der Waals surface area contributed by atoms with Crippen LogP contribution in [-0.4, -0.2) is 5.75 Å². The van der Waals surface area contributed by atoms with Crippen LogP contribution >= 0.6 is 11.8 Å². The van der Waals surface area contributed by atoms with Crippen LogP contribution in [0.25, 0.3) is 0 Å². The molecule has 52 valence electrons. The Morgan fingerprint density at radius 2 is 1.89 bits per heavy atom. The van der Waals surface area contributed by atoms with Gasteiger partial charge in [0.1, 0.15) is 0 Å². The third kappa shape index (κ3) is 3.63. The average molecular weight is 142 g/mol. The monoisotopic (exact) mass is 142 g/mol. The fourth-order valence-electron chi connectivity index (χ4n) is 1.01. The lowest BCUT2D eigenvalue weighted by Crippen LogP contribution is -1.77. The van der Waals surface area contributed by atoms with E-state index in [0.717, 1.165) is 0 Å². The van der Waals surface area contributed by atoms with Crippen LogP contribution in [0.3, 0.4) is 0 Å². The molecule has 0 amide bonds. The topological polar surface area (TPSA) is 0 Å². The fraction of sp³-hybridized carbons (Fsp3) is 0.750. The largest absolute Gasteiger partial charge is 0.134 e. The smallest absolute Gasteiger partial charge is 0.00261 e. The maximum Gasteiger partial charge on any atom is -0.00261 e. The van der Waals surface area contributed by atoms with E-state index in [1.165, 1.54) is 37.9 Å².